The van der Waals surface area contributed by atoms with Crippen molar-refractivity contribution in [1.29, 1.82) is 0 Å². The molecule has 0 saturated carbocycles. The van der Waals surface area contributed by atoms with Crippen LogP contribution >= 0.6 is 11.3 Å². The van der Waals surface area contributed by atoms with Gasteiger partial charge in [-0.25, -0.2) is 9.98 Å². The van der Waals surface area contributed by atoms with Crippen molar-refractivity contribution in [2.75, 3.05) is 13.2 Å². The number of thiazole rings is 1. The van der Waals surface area contributed by atoms with Gasteiger partial charge >= 0.3 is 0 Å². The van der Waals surface area contributed by atoms with E-state index in [-0.39, 0.29) is 6.10 Å². The van der Waals surface area contributed by atoms with E-state index in [4.69, 9.17) is 10.5 Å². The highest BCUT2D eigenvalue weighted by Crippen LogP contribution is 2.16. The molecule has 2 rings (SSSR count). The Kier molecular flexibility index (Phi) is 4.54. The molecule has 1 atom stereocenters. The fraction of sp³-hybridized carbons (Fsp3) is 0.667. The van der Waals surface area contributed by atoms with E-state index in [9.17, 15) is 0 Å². The third kappa shape index (κ3) is 3.68. The van der Waals surface area contributed by atoms with E-state index in [1.807, 2.05) is 6.92 Å². The van der Waals surface area contributed by atoms with E-state index >= 15 is 0 Å². The van der Waals surface area contributed by atoms with Gasteiger partial charge in [-0.15, -0.1) is 11.3 Å². The molecule has 1 aromatic rings. The third-order valence-electron chi connectivity index (χ3n) is 2.99. The molecule has 6 heteroatoms. The minimum absolute atomic E-state index is 0.281. The smallest absolute Gasteiger partial charge is 0.189 e. The van der Waals surface area contributed by atoms with Gasteiger partial charge in [0.05, 0.1) is 18.3 Å². The van der Waals surface area contributed by atoms with Crippen molar-refractivity contribution in [1.82, 2.24) is 10.3 Å². The first-order valence-corrected chi connectivity index (χ1v) is 7.05. The van der Waals surface area contributed by atoms with E-state index in [0.29, 0.717) is 12.5 Å². The van der Waals surface area contributed by atoms with Gasteiger partial charge in [0, 0.05) is 18.0 Å². The van der Waals surface area contributed by atoms with Crippen LogP contribution in [0.3, 0.4) is 0 Å². The number of nitrogens with zero attached hydrogens (tertiary/aromatic N) is 2. The Hall–Kier alpha value is -1.14. The Labute approximate surface area is 111 Å². The van der Waals surface area contributed by atoms with Crippen LogP contribution in [0.2, 0.25) is 0 Å². The third-order valence-corrected chi connectivity index (χ3v) is 4.05. The monoisotopic (exact) mass is 268 g/mol. The second-order valence-electron chi connectivity index (χ2n) is 4.47. The van der Waals surface area contributed by atoms with Gasteiger partial charge in [-0.05, 0) is 26.7 Å². The van der Waals surface area contributed by atoms with Gasteiger partial charge in [0.15, 0.2) is 5.96 Å². The number of hydrogen-bond acceptors (Lipinski definition) is 4. The quantitative estimate of drug-likeness (QED) is 0.638. The van der Waals surface area contributed by atoms with Crippen LogP contribution < -0.4 is 11.1 Å². The van der Waals surface area contributed by atoms with Crippen LogP contribution in [0.15, 0.2) is 4.99 Å². The fourth-order valence-electron chi connectivity index (χ4n) is 1.84. The van der Waals surface area contributed by atoms with Gasteiger partial charge < -0.3 is 15.8 Å². The molecule has 1 aliphatic heterocycles. The van der Waals surface area contributed by atoms with Crippen molar-refractivity contribution in [3.05, 3.63) is 15.6 Å². The molecule has 1 saturated heterocycles. The maximum Gasteiger partial charge on any atom is 0.189 e. The summed E-state index contributed by atoms with van der Waals surface area (Å²) in [5.41, 5.74) is 6.88. The fourth-order valence-corrected chi connectivity index (χ4v) is 2.70. The van der Waals surface area contributed by atoms with Gasteiger partial charge in [-0.1, -0.05) is 0 Å². The normalized spacial score (nSPS) is 20.3. The molecular weight excluding hydrogens is 248 g/mol. The van der Waals surface area contributed by atoms with Gasteiger partial charge in [0.25, 0.3) is 0 Å². The number of nitrogens with one attached hydrogen (secondary N) is 1. The van der Waals surface area contributed by atoms with Crippen LogP contribution in [0.1, 0.15) is 28.4 Å². The SMILES string of the molecule is Cc1nc(CN=C(N)NCC2CCCO2)sc1C. The largest absolute Gasteiger partial charge is 0.376 e. The van der Waals surface area contributed by atoms with Crippen LogP contribution in [0.5, 0.6) is 0 Å². The predicted molar refractivity (Wildman–Crippen MR) is 73.9 cm³/mol. The van der Waals surface area contributed by atoms with E-state index in [0.717, 1.165) is 36.7 Å². The number of guanidine groups is 1. The molecule has 0 radical (unpaired) electrons. The molecule has 100 valence electrons. The van der Waals surface area contributed by atoms with Gasteiger partial charge in [0.2, 0.25) is 0 Å². The van der Waals surface area contributed by atoms with Gasteiger partial charge in [0.1, 0.15) is 5.01 Å². The zero-order valence-corrected chi connectivity index (χ0v) is 11.7. The van der Waals surface area contributed by atoms with Crippen molar-refractivity contribution in [3.63, 3.8) is 0 Å². The average Bonchev–Trinajstić information content (AvgIpc) is 2.95. The lowest BCUT2D eigenvalue weighted by molar-refractivity contribution is 0.114. The second kappa shape index (κ2) is 6.15. The van der Waals surface area contributed by atoms with Crippen LogP contribution in [-0.2, 0) is 11.3 Å². The van der Waals surface area contributed by atoms with Crippen LogP contribution in [0.25, 0.3) is 0 Å². The highest BCUT2D eigenvalue weighted by molar-refractivity contribution is 7.11. The maximum atomic E-state index is 5.80. The number of aryl methyl sites for hydroxylation is 2. The summed E-state index contributed by atoms with van der Waals surface area (Å²) in [5.74, 6) is 0.469. The molecule has 1 aromatic heterocycles. The Morgan fingerprint density at radius 2 is 2.44 bits per heavy atom. The zero-order chi connectivity index (χ0) is 13.0. The summed E-state index contributed by atoms with van der Waals surface area (Å²) in [5, 5.41) is 4.10. The Morgan fingerprint density at radius 3 is 3.06 bits per heavy atom. The summed E-state index contributed by atoms with van der Waals surface area (Å²) in [6.45, 7) is 6.23. The zero-order valence-electron chi connectivity index (χ0n) is 10.9. The highest BCUT2D eigenvalue weighted by Gasteiger charge is 2.14. The first kappa shape index (κ1) is 13.3. The lowest BCUT2D eigenvalue weighted by atomic mass is 10.2. The van der Waals surface area contributed by atoms with Crippen molar-refractivity contribution in [3.8, 4) is 0 Å². The number of rotatable bonds is 4. The number of aliphatic imine (C=N–C) groups is 1. The minimum Gasteiger partial charge on any atom is -0.376 e. The molecule has 1 aliphatic rings. The molecule has 18 heavy (non-hydrogen) atoms. The number of hydrogen-bond donors (Lipinski definition) is 2. The molecule has 2 heterocycles. The molecule has 1 unspecified atom stereocenters. The Bertz CT molecular complexity index is 404. The molecule has 0 spiro atoms. The first-order valence-electron chi connectivity index (χ1n) is 6.23. The van der Waals surface area contributed by atoms with E-state index in [1.54, 1.807) is 11.3 Å². The molecule has 0 amide bonds. The maximum absolute atomic E-state index is 5.80. The van der Waals surface area contributed by atoms with Crippen LogP contribution in [-0.4, -0.2) is 30.2 Å². The number of ether oxygens (including phenoxy) is 1. The lowest BCUT2D eigenvalue weighted by Gasteiger charge is -2.10. The molecule has 3 N–H and O–H groups in total. The standard InChI is InChI=1S/C12H20N4OS/c1-8-9(2)18-11(16-8)7-15-12(13)14-6-10-4-3-5-17-10/h10H,3-7H2,1-2H3,(H3,13,14,15). The molecular formula is C12H20N4OS. The molecule has 0 aliphatic carbocycles. The van der Waals surface area contributed by atoms with Gasteiger partial charge in [-0.2, -0.15) is 0 Å². The van der Waals surface area contributed by atoms with Gasteiger partial charge in [-0.3, -0.25) is 0 Å². The van der Waals surface area contributed by atoms with E-state index in [1.165, 1.54) is 4.88 Å². The van der Waals surface area contributed by atoms with E-state index < -0.39 is 0 Å². The number of nitrogens with two attached hydrogens (primary N) is 1. The molecule has 0 bridgehead atoms. The highest BCUT2D eigenvalue weighted by atomic mass is 32.1. The summed E-state index contributed by atoms with van der Waals surface area (Å²) < 4.78 is 5.50. The predicted octanol–water partition coefficient (Wildman–Crippen LogP) is 1.34. The lowest BCUT2D eigenvalue weighted by Crippen LogP contribution is -2.37. The first-order chi connectivity index (χ1) is 8.65. The van der Waals surface area contributed by atoms with Crippen molar-refractivity contribution >= 4 is 17.3 Å². The van der Waals surface area contributed by atoms with Crippen LogP contribution in [0.4, 0.5) is 0 Å². The van der Waals surface area contributed by atoms with Crippen molar-refractivity contribution in [2.24, 2.45) is 10.7 Å². The molecule has 1 fully saturated rings. The Balaban J connectivity index is 1.77. The topological polar surface area (TPSA) is 72.5 Å². The molecule has 5 nitrogen and oxygen atoms in total. The van der Waals surface area contributed by atoms with Crippen molar-refractivity contribution < 1.29 is 4.74 Å². The minimum atomic E-state index is 0.281. The number of aromatic nitrogens is 1. The average molecular weight is 268 g/mol. The summed E-state index contributed by atoms with van der Waals surface area (Å²) in [6.07, 6.45) is 2.52. The summed E-state index contributed by atoms with van der Waals surface area (Å²) in [6, 6.07) is 0. The second-order valence-corrected chi connectivity index (χ2v) is 5.75. The van der Waals surface area contributed by atoms with Crippen LogP contribution in [0, 0.1) is 13.8 Å². The summed E-state index contributed by atoms with van der Waals surface area (Å²) >= 11 is 1.67. The Morgan fingerprint density at radius 1 is 1.61 bits per heavy atom. The van der Waals surface area contributed by atoms with E-state index in [2.05, 4.69) is 22.2 Å². The summed E-state index contributed by atoms with van der Waals surface area (Å²) in [7, 11) is 0. The summed E-state index contributed by atoms with van der Waals surface area (Å²) in [4.78, 5) is 9.95. The van der Waals surface area contributed by atoms with Crippen molar-refractivity contribution in [2.45, 2.75) is 39.3 Å². The molecule has 0 aromatic carbocycles.